The van der Waals surface area contributed by atoms with E-state index in [1.807, 2.05) is 0 Å². The molecular weight excluding hydrogens is 402 g/mol. The fourth-order valence-electron chi connectivity index (χ4n) is 2.48. The normalized spacial score (nSPS) is 11.2. The lowest BCUT2D eigenvalue weighted by molar-refractivity contribution is -0.384. The van der Waals surface area contributed by atoms with Gasteiger partial charge in [-0.25, -0.2) is 5.21 Å². The summed E-state index contributed by atoms with van der Waals surface area (Å²) in [6.45, 7) is 1.78. The zero-order chi connectivity index (χ0) is 21.3. The molecule has 0 saturated carbocycles. The second-order valence-corrected chi connectivity index (χ2v) is 7.87. The second kappa shape index (κ2) is 7.31. The summed E-state index contributed by atoms with van der Waals surface area (Å²) in [6, 6.07) is 10.9. The number of rotatable bonds is 5. The maximum Gasteiger partial charge on any atom is 0.314 e. The van der Waals surface area contributed by atoms with Gasteiger partial charge in [0, 0.05) is 24.9 Å². The van der Waals surface area contributed by atoms with Crippen LogP contribution in [0.15, 0.2) is 58.2 Å². The van der Waals surface area contributed by atoms with Gasteiger partial charge in [0.25, 0.3) is 21.6 Å². The zero-order valence-corrected chi connectivity index (χ0v) is 16.1. The van der Waals surface area contributed by atoms with Crippen molar-refractivity contribution < 1.29 is 18.1 Å². The van der Waals surface area contributed by atoms with Crippen molar-refractivity contribution in [1.29, 1.82) is 0 Å². The zero-order valence-electron chi connectivity index (χ0n) is 15.3. The van der Waals surface area contributed by atoms with Crippen molar-refractivity contribution in [2.75, 3.05) is 11.9 Å². The monoisotopic (exact) mass is 417 g/mol. The number of aryl methyl sites for hydroxylation is 1. The SMILES string of the molecule is Cc1ccc(S(=O)(=O)n2[nH]nc(C(=O)N(C)c3ccc([N+](=O)[O-])cc3)c2=O)cc1. The van der Waals surface area contributed by atoms with Crippen molar-refractivity contribution in [2.24, 2.45) is 0 Å². The molecule has 0 radical (unpaired) electrons. The number of nitrogens with zero attached hydrogens (tertiary/aromatic N) is 4. The summed E-state index contributed by atoms with van der Waals surface area (Å²) in [4.78, 5) is 36.2. The summed E-state index contributed by atoms with van der Waals surface area (Å²) in [5.74, 6) is -0.877. The number of aromatic nitrogens is 3. The Labute approximate surface area is 164 Å². The van der Waals surface area contributed by atoms with Crippen molar-refractivity contribution >= 4 is 27.3 Å². The van der Waals surface area contributed by atoms with Crippen molar-refractivity contribution in [3.8, 4) is 0 Å². The Morgan fingerprint density at radius 2 is 1.72 bits per heavy atom. The summed E-state index contributed by atoms with van der Waals surface area (Å²) < 4.78 is 25.6. The summed E-state index contributed by atoms with van der Waals surface area (Å²) in [5.41, 5.74) is -0.843. The fourth-order valence-corrected chi connectivity index (χ4v) is 3.62. The molecule has 0 atom stereocenters. The Hall–Kier alpha value is -3.80. The highest BCUT2D eigenvalue weighted by molar-refractivity contribution is 7.89. The topological polar surface area (TPSA) is 148 Å². The number of hydrogen-bond donors (Lipinski definition) is 1. The maximum absolute atomic E-state index is 12.6. The Kier molecular flexibility index (Phi) is 5.03. The van der Waals surface area contributed by atoms with Crippen LogP contribution in [0, 0.1) is 17.0 Å². The molecule has 3 aromatic rings. The van der Waals surface area contributed by atoms with Gasteiger partial charge in [-0.15, -0.1) is 9.19 Å². The van der Waals surface area contributed by atoms with Gasteiger partial charge in [-0.2, -0.15) is 8.42 Å². The van der Waals surface area contributed by atoms with E-state index in [9.17, 15) is 28.1 Å². The van der Waals surface area contributed by atoms with Crippen LogP contribution >= 0.6 is 0 Å². The third kappa shape index (κ3) is 3.65. The number of H-pyrrole nitrogens is 1. The average molecular weight is 417 g/mol. The summed E-state index contributed by atoms with van der Waals surface area (Å²) >= 11 is 0. The molecule has 0 aliphatic heterocycles. The first kappa shape index (κ1) is 19.9. The number of nitro groups is 1. The van der Waals surface area contributed by atoms with Gasteiger partial charge in [0.15, 0.2) is 0 Å². The van der Waals surface area contributed by atoms with Gasteiger partial charge in [-0.05, 0) is 31.2 Å². The summed E-state index contributed by atoms with van der Waals surface area (Å²) in [5, 5.41) is 16.4. The van der Waals surface area contributed by atoms with Crippen LogP contribution in [0.5, 0.6) is 0 Å². The predicted molar refractivity (Wildman–Crippen MR) is 102 cm³/mol. The molecule has 0 fully saturated rings. The number of benzene rings is 2. The summed E-state index contributed by atoms with van der Waals surface area (Å²) in [6.07, 6.45) is 0. The number of carbonyl (C=O) groups excluding carboxylic acids is 1. The Morgan fingerprint density at radius 3 is 2.28 bits per heavy atom. The number of nitro benzene ring substituents is 1. The van der Waals surface area contributed by atoms with E-state index >= 15 is 0 Å². The molecule has 2 aromatic carbocycles. The molecule has 29 heavy (non-hydrogen) atoms. The molecule has 12 heteroatoms. The highest BCUT2D eigenvalue weighted by Gasteiger charge is 2.27. The summed E-state index contributed by atoms with van der Waals surface area (Å²) in [7, 11) is -2.93. The van der Waals surface area contributed by atoms with Crippen LogP contribution in [0.1, 0.15) is 16.1 Å². The van der Waals surface area contributed by atoms with Gasteiger partial charge in [-0.3, -0.25) is 19.7 Å². The van der Waals surface area contributed by atoms with Gasteiger partial charge in [0.05, 0.1) is 9.82 Å². The Bertz CT molecular complexity index is 1240. The minimum atomic E-state index is -4.26. The minimum Gasteiger partial charge on any atom is -0.310 e. The second-order valence-electron chi connectivity index (χ2n) is 6.09. The van der Waals surface area contributed by atoms with Gasteiger partial charge >= 0.3 is 5.56 Å². The van der Waals surface area contributed by atoms with Crippen molar-refractivity contribution in [3.05, 3.63) is 80.3 Å². The van der Waals surface area contributed by atoms with Crippen LogP contribution in [0.4, 0.5) is 11.4 Å². The number of anilines is 1. The van der Waals surface area contributed by atoms with Gasteiger partial charge < -0.3 is 4.90 Å². The molecule has 0 unspecified atom stereocenters. The smallest absolute Gasteiger partial charge is 0.310 e. The molecule has 1 heterocycles. The van der Waals surface area contributed by atoms with Gasteiger partial charge in [0.1, 0.15) is 0 Å². The van der Waals surface area contributed by atoms with Gasteiger partial charge in [0.2, 0.25) is 5.69 Å². The van der Waals surface area contributed by atoms with E-state index in [4.69, 9.17) is 0 Å². The highest BCUT2D eigenvalue weighted by atomic mass is 32.2. The van der Waals surface area contributed by atoms with Crippen LogP contribution in [0.3, 0.4) is 0 Å². The lowest BCUT2D eigenvalue weighted by atomic mass is 10.2. The van der Waals surface area contributed by atoms with Crippen molar-refractivity contribution in [1.82, 2.24) is 14.4 Å². The Morgan fingerprint density at radius 1 is 1.14 bits per heavy atom. The van der Waals surface area contributed by atoms with Gasteiger partial charge in [-0.1, -0.05) is 17.7 Å². The lowest BCUT2D eigenvalue weighted by Gasteiger charge is -2.15. The molecule has 0 aliphatic rings. The van der Waals surface area contributed by atoms with Crippen molar-refractivity contribution in [3.63, 3.8) is 0 Å². The first-order chi connectivity index (χ1) is 13.6. The Balaban J connectivity index is 1.94. The first-order valence-corrected chi connectivity index (χ1v) is 9.59. The molecule has 0 saturated heterocycles. The minimum absolute atomic E-state index is 0.142. The van der Waals surface area contributed by atoms with Crippen LogP contribution in [-0.2, 0) is 10.0 Å². The highest BCUT2D eigenvalue weighted by Crippen LogP contribution is 2.19. The molecule has 1 amide bonds. The van der Waals surface area contributed by atoms with E-state index in [-0.39, 0.29) is 20.4 Å². The largest absolute Gasteiger partial charge is 0.314 e. The first-order valence-electron chi connectivity index (χ1n) is 8.15. The molecule has 3 rings (SSSR count). The molecule has 0 bridgehead atoms. The van der Waals surface area contributed by atoms with E-state index in [1.165, 1.54) is 43.4 Å². The third-order valence-electron chi connectivity index (χ3n) is 4.15. The van der Waals surface area contributed by atoms with Crippen LogP contribution in [0.2, 0.25) is 0 Å². The molecule has 0 spiro atoms. The molecule has 0 aliphatic carbocycles. The average Bonchev–Trinajstić information content (AvgIpc) is 3.09. The number of amides is 1. The lowest BCUT2D eigenvalue weighted by Crippen LogP contribution is -2.34. The standard InChI is InChI=1S/C17H15N5O6S/c1-11-3-9-14(10-4-11)29(27,28)21-17(24)15(18-19-21)16(23)20(2)12-5-7-13(8-6-12)22(25)26/h3-10,19H,1-2H3. The maximum atomic E-state index is 12.6. The molecule has 11 nitrogen and oxygen atoms in total. The number of aromatic amines is 1. The quantitative estimate of drug-likeness (QED) is 0.486. The molecule has 150 valence electrons. The van der Waals surface area contributed by atoms with Crippen LogP contribution < -0.4 is 10.5 Å². The fraction of sp³-hybridized carbons (Fsp3) is 0.118. The molecular formula is C17H15N5O6S. The van der Waals surface area contributed by atoms with Crippen molar-refractivity contribution in [2.45, 2.75) is 11.8 Å². The number of carbonyl (C=O) groups is 1. The number of hydrogen-bond acceptors (Lipinski definition) is 7. The van der Waals surface area contributed by atoms with Crippen LogP contribution in [0.25, 0.3) is 0 Å². The van der Waals surface area contributed by atoms with E-state index in [0.29, 0.717) is 0 Å². The van der Waals surface area contributed by atoms with E-state index in [2.05, 4.69) is 10.3 Å². The predicted octanol–water partition coefficient (Wildman–Crippen LogP) is 1.30. The third-order valence-corrected chi connectivity index (χ3v) is 5.75. The number of non-ortho nitro benzene ring substituents is 1. The van der Waals surface area contributed by atoms with E-state index in [1.54, 1.807) is 19.1 Å². The van der Waals surface area contributed by atoms with E-state index in [0.717, 1.165) is 10.5 Å². The van der Waals surface area contributed by atoms with Crippen LogP contribution in [-0.4, -0.2) is 40.7 Å². The number of nitrogens with one attached hydrogen (secondary N) is 1. The molecule has 1 N–H and O–H groups in total. The van der Waals surface area contributed by atoms with E-state index < -0.39 is 32.1 Å². The molecule has 1 aromatic heterocycles.